The fourth-order valence-electron chi connectivity index (χ4n) is 3.30. The molecular formula is C19H13BrCl2F3N5O2. The first-order valence-corrected chi connectivity index (χ1v) is 10.6. The molecule has 1 atom stereocenters. The van der Waals surface area contributed by atoms with Crippen LogP contribution in [0.3, 0.4) is 0 Å². The third kappa shape index (κ3) is 4.04. The predicted molar refractivity (Wildman–Crippen MR) is 115 cm³/mol. The van der Waals surface area contributed by atoms with Crippen molar-refractivity contribution in [3.05, 3.63) is 78.1 Å². The average Bonchev–Trinajstić information content (AvgIpc) is 3.29. The van der Waals surface area contributed by atoms with E-state index in [1.807, 2.05) is 0 Å². The number of rotatable bonds is 4. The first kappa shape index (κ1) is 22.8. The number of nitrogens with zero attached hydrogens (tertiary/aromatic N) is 5. The van der Waals surface area contributed by atoms with Gasteiger partial charge >= 0.3 is 11.9 Å². The molecule has 0 bridgehead atoms. The molecule has 7 nitrogen and oxygen atoms in total. The lowest BCUT2D eigenvalue weighted by Gasteiger charge is -2.29. The molecule has 0 amide bonds. The summed E-state index contributed by atoms with van der Waals surface area (Å²) in [5, 5.41) is 11.1. The maximum absolute atomic E-state index is 14.1. The lowest BCUT2D eigenvalue weighted by Crippen LogP contribution is -2.42. The minimum atomic E-state index is -4.78. The van der Waals surface area contributed by atoms with Gasteiger partial charge in [-0.3, -0.25) is 0 Å². The van der Waals surface area contributed by atoms with Gasteiger partial charge in [-0.25, -0.2) is 9.48 Å². The summed E-state index contributed by atoms with van der Waals surface area (Å²) in [6.07, 6.45) is -5.34. The summed E-state index contributed by atoms with van der Waals surface area (Å²) in [7, 11) is 1.52. The summed E-state index contributed by atoms with van der Waals surface area (Å²) in [6, 6.07) is 8.62. The van der Waals surface area contributed by atoms with Crippen molar-refractivity contribution in [3.63, 3.8) is 0 Å². The van der Waals surface area contributed by atoms with E-state index in [2.05, 4.69) is 31.4 Å². The normalized spacial score (nSPS) is 18.5. The number of halogens is 6. The monoisotopic (exact) mass is 549 g/mol. The Labute approximate surface area is 197 Å². The Morgan fingerprint density at radius 2 is 1.88 bits per heavy atom. The Kier molecular flexibility index (Phi) is 5.84. The van der Waals surface area contributed by atoms with Crippen molar-refractivity contribution >= 4 is 44.8 Å². The molecular weight excluding hydrogens is 538 g/mol. The molecule has 0 saturated heterocycles. The number of benzene rings is 2. The predicted octanol–water partition coefficient (Wildman–Crippen LogP) is 4.68. The van der Waals surface area contributed by atoms with Gasteiger partial charge in [-0.05, 0) is 35.0 Å². The largest absolute Gasteiger partial charge is 0.435 e. The summed E-state index contributed by atoms with van der Waals surface area (Å²) < 4.78 is 44.3. The minimum Gasteiger partial charge on any atom is -0.374 e. The standard InChI is InChI=1S/C19H13BrCl2F3N5O2/c1-29-17(31)26-28-30(29)9-11-3-2-10(4-15(11)20)16-8-18(32-27-16,19(23,24)25)12-5-13(21)7-14(22)6-12/h2-7H,8-9H2,1H3. The van der Waals surface area contributed by atoms with Crippen molar-refractivity contribution < 1.29 is 18.0 Å². The molecule has 0 radical (unpaired) electrons. The molecule has 32 heavy (non-hydrogen) atoms. The van der Waals surface area contributed by atoms with Crippen molar-refractivity contribution in [1.29, 1.82) is 0 Å². The highest BCUT2D eigenvalue weighted by Gasteiger charge is 2.62. The van der Waals surface area contributed by atoms with Crippen LogP contribution in [0.4, 0.5) is 13.2 Å². The third-order valence-electron chi connectivity index (χ3n) is 5.07. The smallest absolute Gasteiger partial charge is 0.374 e. The first-order chi connectivity index (χ1) is 15.0. The summed E-state index contributed by atoms with van der Waals surface area (Å²) in [4.78, 5) is 17.8. The molecule has 1 unspecified atom stereocenters. The van der Waals surface area contributed by atoms with E-state index in [1.165, 1.54) is 34.7 Å². The Bertz CT molecular complexity index is 1270. The average molecular weight is 551 g/mol. The van der Waals surface area contributed by atoms with Gasteiger partial charge in [0, 0.05) is 39.1 Å². The first-order valence-electron chi connectivity index (χ1n) is 9.04. The van der Waals surface area contributed by atoms with Crippen LogP contribution in [-0.2, 0) is 24.0 Å². The SMILES string of the molecule is Cn1c(=O)nnn1Cc1ccc(C2=NOC(c3cc(Cl)cc(Cl)c3)(C(F)(F)F)C2)cc1Br. The van der Waals surface area contributed by atoms with Crippen LogP contribution in [-0.4, -0.2) is 31.7 Å². The molecule has 0 N–H and O–H groups in total. The summed E-state index contributed by atoms with van der Waals surface area (Å²) in [5.41, 5.74) is -2.16. The highest BCUT2D eigenvalue weighted by atomic mass is 79.9. The van der Waals surface area contributed by atoms with Crippen LogP contribution >= 0.6 is 39.1 Å². The molecule has 1 aliphatic rings. The van der Waals surface area contributed by atoms with Crippen LogP contribution in [0.25, 0.3) is 0 Å². The summed E-state index contributed by atoms with van der Waals surface area (Å²) in [6.45, 7) is 0.225. The molecule has 1 aromatic heterocycles. The van der Waals surface area contributed by atoms with Gasteiger partial charge in [0.2, 0.25) is 0 Å². The Morgan fingerprint density at radius 3 is 2.44 bits per heavy atom. The van der Waals surface area contributed by atoms with E-state index in [9.17, 15) is 18.0 Å². The maximum Gasteiger partial charge on any atom is 0.435 e. The zero-order valence-corrected chi connectivity index (χ0v) is 19.3. The molecule has 13 heteroatoms. The Balaban J connectivity index is 1.64. The Hall–Kier alpha value is -2.37. The van der Waals surface area contributed by atoms with Crippen LogP contribution < -0.4 is 5.69 Å². The minimum absolute atomic E-state index is 0.0581. The third-order valence-corrected chi connectivity index (χ3v) is 6.24. The van der Waals surface area contributed by atoms with Crippen LogP contribution in [0, 0.1) is 0 Å². The van der Waals surface area contributed by atoms with Crippen LogP contribution in [0.1, 0.15) is 23.1 Å². The summed E-state index contributed by atoms with van der Waals surface area (Å²) in [5.74, 6) is 0. The van der Waals surface area contributed by atoms with E-state index in [0.29, 0.717) is 10.0 Å². The highest BCUT2D eigenvalue weighted by molar-refractivity contribution is 9.10. The van der Waals surface area contributed by atoms with E-state index in [4.69, 9.17) is 28.0 Å². The van der Waals surface area contributed by atoms with E-state index < -0.39 is 23.9 Å². The van der Waals surface area contributed by atoms with Crippen molar-refractivity contribution in [2.45, 2.75) is 24.7 Å². The quantitative estimate of drug-likeness (QED) is 0.473. The molecule has 1 aliphatic heterocycles. The maximum atomic E-state index is 14.1. The molecule has 2 aromatic carbocycles. The van der Waals surface area contributed by atoms with Gasteiger partial charge in [0.05, 0.1) is 12.3 Å². The lowest BCUT2D eigenvalue weighted by atomic mass is 9.86. The molecule has 2 heterocycles. The number of hydrogen-bond acceptors (Lipinski definition) is 5. The second kappa shape index (κ2) is 8.20. The lowest BCUT2D eigenvalue weighted by molar-refractivity contribution is -0.275. The van der Waals surface area contributed by atoms with Gasteiger partial charge in [0.25, 0.3) is 5.60 Å². The number of hydrogen-bond donors (Lipinski definition) is 0. The number of aromatic nitrogens is 4. The number of tetrazole rings is 1. The highest BCUT2D eigenvalue weighted by Crippen LogP contribution is 2.49. The van der Waals surface area contributed by atoms with E-state index in [-0.39, 0.29) is 27.9 Å². The molecule has 0 aliphatic carbocycles. The topological polar surface area (TPSA) is 74.3 Å². The van der Waals surface area contributed by atoms with E-state index in [1.54, 1.807) is 18.2 Å². The van der Waals surface area contributed by atoms with Gasteiger partial charge < -0.3 is 4.84 Å². The number of oxime groups is 1. The molecule has 0 fully saturated rings. The van der Waals surface area contributed by atoms with Gasteiger partial charge in [0.1, 0.15) is 0 Å². The zero-order chi connectivity index (χ0) is 23.3. The van der Waals surface area contributed by atoms with Crippen molar-refractivity contribution in [1.82, 2.24) is 19.8 Å². The van der Waals surface area contributed by atoms with Crippen molar-refractivity contribution in [2.75, 3.05) is 0 Å². The Morgan fingerprint density at radius 1 is 1.19 bits per heavy atom. The van der Waals surface area contributed by atoms with Crippen LogP contribution in [0.15, 0.2) is 50.8 Å². The molecule has 0 saturated carbocycles. The molecule has 168 valence electrons. The molecule has 3 aromatic rings. The van der Waals surface area contributed by atoms with Crippen LogP contribution in [0.5, 0.6) is 0 Å². The van der Waals surface area contributed by atoms with Gasteiger partial charge in [0.15, 0.2) is 0 Å². The molecule has 4 rings (SSSR count). The fraction of sp³-hybridized carbons (Fsp3) is 0.263. The van der Waals surface area contributed by atoms with Crippen molar-refractivity contribution in [2.24, 2.45) is 12.2 Å². The van der Waals surface area contributed by atoms with Crippen LogP contribution in [0.2, 0.25) is 10.0 Å². The fourth-order valence-corrected chi connectivity index (χ4v) is 4.33. The van der Waals surface area contributed by atoms with E-state index in [0.717, 1.165) is 5.56 Å². The van der Waals surface area contributed by atoms with Gasteiger partial charge in [-0.2, -0.15) is 18.0 Å². The van der Waals surface area contributed by atoms with Gasteiger partial charge in [-0.1, -0.05) is 61.5 Å². The van der Waals surface area contributed by atoms with E-state index >= 15 is 0 Å². The van der Waals surface area contributed by atoms with Crippen molar-refractivity contribution in [3.8, 4) is 0 Å². The second-order valence-corrected chi connectivity index (χ2v) is 8.85. The van der Waals surface area contributed by atoms with Gasteiger partial charge in [-0.15, -0.1) is 0 Å². The molecule has 0 spiro atoms. The number of alkyl halides is 3. The summed E-state index contributed by atoms with van der Waals surface area (Å²) >= 11 is 15.3. The zero-order valence-electron chi connectivity index (χ0n) is 16.2. The second-order valence-electron chi connectivity index (χ2n) is 7.12.